The second-order valence-electron chi connectivity index (χ2n) is 3.50. The minimum atomic E-state index is -4.20. The molecule has 0 fully saturated rings. The number of esters is 1. The van der Waals surface area contributed by atoms with Crippen molar-refractivity contribution < 1.29 is 28.0 Å². The molecule has 0 bridgehead atoms. The molecule has 0 aliphatic rings. The second-order valence-corrected chi connectivity index (χ2v) is 3.50. The van der Waals surface area contributed by atoms with Gasteiger partial charge in [0.1, 0.15) is 5.75 Å². The largest absolute Gasteiger partial charge is 0.502 e. The van der Waals surface area contributed by atoms with Crippen molar-refractivity contribution in [1.82, 2.24) is 0 Å². The summed E-state index contributed by atoms with van der Waals surface area (Å²) in [6.07, 6.45) is -4.20. The van der Waals surface area contributed by atoms with Crippen LogP contribution in [0.3, 0.4) is 0 Å². The van der Waals surface area contributed by atoms with Gasteiger partial charge in [-0.15, -0.1) is 0 Å². The van der Waals surface area contributed by atoms with E-state index in [1.165, 1.54) is 19.9 Å². The fourth-order valence-corrected chi connectivity index (χ4v) is 1.31. The maximum absolute atomic E-state index is 13.3. The van der Waals surface area contributed by atoms with Gasteiger partial charge in [-0.2, -0.15) is 8.78 Å². The van der Waals surface area contributed by atoms with Crippen LogP contribution in [0.1, 0.15) is 12.5 Å². The number of rotatable bonds is 5. The van der Waals surface area contributed by atoms with Crippen LogP contribution in [0.5, 0.6) is 5.75 Å². The number of nitro benzene ring substituents is 1. The number of halogens is 2. The molecule has 0 aliphatic heterocycles. The summed E-state index contributed by atoms with van der Waals surface area (Å²) >= 11 is 0. The summed E-state index contributed by atoms with van der Waals surface area (Å²) in [6, 6.07) is 3.43. The molecular weight excluding hydrogens is 264 g/mol. The zero-order valence-electron chi connectivity index (χ0n) is 10.2. The molecule has 6 nitrogen and oxygen atoms in total. The van der Waals surface area contributed by atoms with E-state index >= 15 is 0 Å². The predicted molar refractivity (Wildman–Crippen MR) is 60.0 cm³/mol. The Morgan fingerprint density at radius 2 is 2.11 bits per heavy atom. The summed E-state index contributed by atoms with van der Waals surface area (Å²) in [5, 5.41) is 10.6. The van der Waals surface area contributed by atoms with Gasteiger partial charge in [0.05, 0.1) is 17.1 Å². The molecule has 0 unspecified atom stereocenters. The molecule has 0 N–H and O–H groups in total. The van der Waals surface area contributed by atoms with Gasteiger partial charge in [-0.25, -0.2) is 4.79 Å². The van der Waals surface area contributed by atoms with Gasteiger partial charge in [-0.3, -0.25) is 10.1 Å². The summed E-state index contributed by atoms with van der Waals surface area (Å²) in [4.78, 5) is 20.9. The first-order valence-corrected chi connectivity index (χ1v) is 5.27. The Bertz CT molecular complexity index is 504. The standard InChI is InChI=1S/C11H11F2NO5/c1-3-18-10(15)11(12,13)19-9-6-4-5-8(7(9)2)14(16)17/h4-6H,3H2,1-2H3. The average Bonchev–Trinajstić information content (AvgIpc) is 2.31. The van der Waals surface area contributed by atoms with Crippen molar-refractivity contribution in [2.24, 2.45) is 0 Å². The van der Waals surface area contributed by atoms with Crippen LogP contribution in [0.15, 0.2) is 18.2 Å². The Kier molecular flexibility index (Phi) is 4.36. The van der Waals surface area contributed by atoms with Crippen molar-refractivity contribution in [2.75, 3.05) is 6.61 Å². The molecule has 8 heteroatoms. The number of ether oxygens (including phenoxy) is 2. The van der Waals surface area contributed by atoms with E-state index in [2.05, 4.69) is 9.47 Å². The molecule has 1 aromatic carbocycles. The lowest BCUT2D eigenvalue weighted by Gasteiger charge is -2.17. The highest BCUT2D eigenvalue weighted by atomic mass is 19.3. The molecule has 104 valence electrons. The van der Waals surface area contributed by atoms with Gasteiger partial charge < -0.3 is 9.47 Å². The highest BCUT2D eigenvalue weighted by Gasteiger charge is 2.44. The lowest BCUT2D eigenvalue weighted by Crippen LogP contribution is -2.37. The molecular formula is C11H11F2NO5. The van der Waals surface area contributed by atoms with Crippen LogP contribution in [0.25, 0.3) is 0 Å². The fraction of sp³-hybridized carbons (Fsp3) is 0.364. The first-order valence-electron chi connectivity index (χ1n) is 5.27. The molecule has 0 radical (unpaired) electrons. The highest BCUT2D eigenvalue weighted by Crippen LogP contribution is 2.31. The zero-order valence-corrected chi connectivity index (χ0v) is 10.2. The van der Waals surface area contributed by atoms with Crippen molar-refractivity contribution in [3.05, 3.63) is 33.9 Å². The van der Waals surface area contributed by atoms with Crippen LogP contribution >= 0.6 is 0 Å². The lowest BCUT2D eigenvalue weighted by molar-refractivity contribution is -0.385. The molecule has 0 aromatic heterocycles. The molecule has 19 heavy (non-hydrogen) atoms. The van der Waals surface area contributed by atoms with Crippen molar-refractivity contribution in [3.8, 4) is 5.75 Å². The topological polar surface area (TPSA) is 78.7 Å². The van der Waals surface area contributed by atoms with Crippen molar-refractivity contribution >= 4 is 11.7 Å². The number of carbonyl (C=O) groups excluding carboxylic acids is 1. The van der Waals surface area contributed by atoms with Gasteiger partial charge >= 0.3 is 12.1 Å². The third-order valence-corrected chi connectivity index (χ3v) is 2.20. The van der Waals surface area contributed by atoms with Crippen LogP contribution in [0.2, 0.25) is 0 Å². The number of nitro groups is 1. The smallest absolute Gasteiger partial charge is 0.459 e. The van der Waals surface area contributed by atoms with Gasteiger partial charge in [0.25, 0.3) is 5.69 Å². The normalized spacial score (nSPS) is 10.9. The third kappa shape index (κ3) is 3.36. The Hall–Kier alpha value is -2.25. The van der Waals surface area contributed by atoms with Crippen LogP contribution in [0, 0.1) is 17.0 Å². The van der Waals surface area contributed by atoms with Crippen LogP contribution in [0.4, 0.5) is 14.5 Å². The zero-order chi connectivity index (χ0) is 14.6. The monoisotopic (exact) mass is 275 g/mol. The van der Waals surface area contributed by atoms with Gasteiger partial charge in [0.15, 0.2) is 0 Å². The Labute approximate surface area is 107 Å². The van der Waals surface area contributed by atoms with Crippen LogP contribution in [-0.2, 0) is 9.53 Å². The van der Waals surface area contributed by atoms with Crippen LogP contribution in [-0.4, -0.2) is 23.6 Å². The second kappa shape index (κ2) is 5.59. The number of nitrogens with zero attached hydrogens (tertiary/aromatic N) is 1. The SMILES string of the molecule is CCOC(=O)C(F)(F)Oc1cccc([N+](=O)[O-])c1C. The van der Waals surface area contributed by atoms with E-state index in [9.17, 15) is 23.7 Å². The molecule has 0 saturated heterocycles. The third-order valence-electron chi connectivity index (χ3n) is 2.20. The molecule has 0 aliphatic carbocycles. The maximum atomic E-state index is 13.3. The van der Waals surface area contributed by atoms with E-state index in [1.807, 2.05) is 0 Å². The summed E-state index contributed by atoms with van der Waals surface area (Å²) in [5.74, 6) is -2.30. The molecule has 0 amide bonds. The Morgan fingerprint density at radius 3 is 2.63 bits per heavy atom. The van der Waals surface area contributed by atoms with Crippen molar-refractivity contribution in [1.29, 1.82) is 0 Å². The summed E-state index contributed by atoms with van der Waals surface area (Å²) in [6.45, 7) is 2.38. The number of benzene rings is 1. The first kappa shape index (κ1) is 14.8. The summed E-state index contributed by atoms with van der Waals surface area (Å²) < 4.78 is 35.0. The minimum absolute atomic E-state index is 0.100. The minimum Gasteiger partial charge on any atom is -0.459 e. The molecule has 1 aromatic rings. The number of hydrogen-bond donors (Lipinski definition) is 0. The molecule has 0 atom stereocenters. The quantitative estimate of drug-likeness (QED) is 0.468. The van der Waals surface area contributed by atoms with Crippen molar-refractivity contribution in [2.45, 2.75) is 20.0 Å². The van der Waals surface area contributed by atoms with E-state index in [0.717, 1.165) is 12.1 Å². The van der Waals surface area contributed by atoms with E-state index in [4.69, 9.17) is 0 Å². The van der Waals surface area contributed by atoms with Gasteiger partial charge in [-0.05, 0) is 19.9 Å². The number of hydrogen-bond acceptors (Lipinski definition) is 5. The van der Waals surface area contributed by atoms with Crippen molar-refractivity contribution in [3.63, 3.8) is 0 Å². The Balaban J connectivity index is 3.03. The van der Waals surface area contributed by atoms with E-state index in [-0.39, 0.29) is 17.9 Å². The van der Waals surface area contributed by atoms with Gasteiger partial charge in [-0.1, -0.05) is 6.07 Å². The van der Waals surface area contributed by atoms with Gasteiger partial charge in [0, 0.05) is 6.07 Å². The van der Waals surface area contributed by atoms with E-state index in [0.29, 0.717) is 0 Å². The summed E-state index contributed by atoms with van der Waals surface area (Å²) in [7, 11) is 0. The molecule has 0 spiro atoms. The van der Waals surface area contributed by atoms with E-state index in [1.54, 1.807) is 0 Å². The first-order chi connectivity index (χ1) is 8.79. The molecule has 1 rings (SSSR count). The fourth-order valence-electron chi connectivity index (χ4n) is 1.31. The molecule has 0 saturated carbocycles. The maximum Gasteiger partial charge on any atom is 0.502 e. The highest BCUT2D eigenvalue weighted by molar-refractivity contribution is 5.76. The van der Waals surface area contributed by atoms with E-state index < -0.39 is 22.8 Å². The average molecular weight is 275 g/mol. The van der Waals surface area contributed by atoms with Crippen LogP contribution < -0.4 is 4.74 Å². The predicted octanol–water partition coefficient (Wildman–Crippen LogP) is 2.44. The number of carbonyl (C=O) groups is 1. The summed E-state index contributed by atoms with van der Waals surface area (Å²) in [5.41, 5.74) is -0.478. The Morgan fingerprint density at radius 1 is 1.47 bits per heavy atom. The molecule has 0 heterocycles. The lowest BCUT2D eigenvalue weighted by atomic mass is 10.2. The number of alkyl halides is 2. The van der Waals surface area contributed by atoms with Gasteiger partial charge in [0.2, 0.25) is 0 Å².